The quantitative estimate of drug-likeness (QED) is 0.0863. The predicted molar refractivity (Wildman–Crippen MR) is 271 cm³/mol. The number of rotatable bonds is 8. The van der Waals surface area contributed by atoms with Gasteiger partial charge in [-0.05, 0) is 102 Å². The molecule has 319 valence electrons. The molecule has 7 aromatic carbocycles. The molecule has 0 saturated carbocycles. The van der Waals surface area contributed by atoms with Crippen LogP contribution in [0.1, 0.15) is 70.1 Å². The number of fused-ring (bicyclic) bond motifs is 7. The molecule has 0 aliphatic rings. The van der Waals surface area contributed by atoms with E-state index in [1.807, 2.05) is 29.5 Å². The Bertz CT molecular complexity index is 3220. The number of pyridine rings is 1. The van der Waals surface area contributed by atoms with Crippen molar-refractivity contribution >= 4 is 77.3 Å². The molecule has 0 aliphatic heterocycles. The van der Waals surface area contributed by atoms with Crippen molar-refractivity contribution in [1.82, 2.24) is 14.5 Å². The minimum Gasteiger partial charge on any atom is -0.333 e. The van der Waals surface area contributed by atoms with Gasteiger partial charge in [0.25, 0.3) is 0 Å². The van der Waals surface area contributed by atoms with Gasteiger partial charge in [-0.2, -0.15) is 11.3 Å². The van der Waals surface area contributed by atoms with Crippen LogP contribution in [0.4, 0.5) is 0 Å². The summed E-state index contributed by atoms with van der Waals surface area (Å²) >= 11 is 1.86. The van der Waals surface area contributed by atoms with E-state index in [0.29, 0.717) is 17.8 Å². The number of imidazole rings is 1. The molecule has 3 aromatic heterocycles. The minimum absolute atomic E-state index is 0. The van der Waals surface area contributed by atoms with Crippen LogP contribution in [0.2, 0.25) is 19.6 Å². The molecular weight excluding hydrogens is 979 g/mol. The third kappa shape index (κ3) is 8.59. The SMILES string of the molecule is CC(C)Cc1cc(-c2[c-]cccc2)ncc1[Si](C)(C)C.CC(C)c1cccc(C(C)C)c1-n1c(-c2[c-]ccc3c2sc2cc4c(ccc5ccccc54)cc23)nc2ccccc21.[Ir]. The van der Waals surface area contributed by atoms with E-state index in [0.717, 1.165) is 40.1 Å². The number of hydrogen-bond donors (Lipinski definition) is 0. The van der Waals surface area contributed by atoms with Crippen LogP contribution in [-0.2, 0) is 26.5 Å². The maximum atomic E-state index is 5.31. The van der Waals surface area contributed by atoms with E-state index < -0.39 is 8.07 Å². The molecule has 0 aliphatic carbocycles. The third-order valence-corrected chi connectivity index (χ3v) is 15.3. The molecular formula is C57H55IrN3SSi-2. The summed E-state index contributed by atoms with van der Waals surface area (Å²) in [6.07, 6.45) is 3.24. The van der Waals surface area contributed by atoms with Crippen molar-refractivity contribution in [3.8, 4) is 28.3 Å². The Balaban J connectivity index is 0.000000219. The number of nitrogens with zero attached hydrogens (tertiary/aromatic N) is 3. The van der Waals surface area contributed by atoms with Crippen LogP contribution in [0, 0.1) is 18.1 Å². The second-order valence-electron chi connectivity index (χ2n) is 18.8. The fraction of sp³-hybridized carbons (Fsp3) is 0.228. The zero-order chi connectivity index (χ0) is 43.3. The Hall–Kier alpha value is -5.23. The topological polar surface area (TPSA) is 30.7 Å². The molecule has 0 spiro atoms. The van der Waals surface area contributed by atoms with Gasteiger partial charge >= 0.3 is 0 Å². The molecule has 3 nitrogen and oxygen atoms in total. The number of aromatic nitrogens is 3. The first-order chi connectivity index (χ1) is 29.9. The number of hydrogen-bond acceptors (Lipinski definition) is 3. The van der Waals surface area contributed by atoms with Crippen LogP contribution in [0.3, 0.4) is 0 Å². The van der Waals surface area contributed by atoms with Gasteiger partial charge in [-0.1, -0.05) is 150 Å². The number of para-hydroxylation sites is 3. The first-order valence-corrected chi connectivity index (χ1v) is 26.4. The number of benzene rings is 7. The molecule has 0 saturated heterocycles. The largest absolute Gasteiger partial charge is 0.333 e. The zero-order valence-electron chi connectivity index (χ0n) is 37.8. The van der Waals surface area contributed by atoms with E-state index in [9.17, 15) is 0 Å². The van der Waals surface area contributed by atoms with Gasteiger partial charge in [0.05, 0.1) is 24.9 Å². The van der Waals surface area contributed by atoms with Gasteiger partial charge < -0.3 is 9.55 Å². The smallest absolute Gasteiger partial charge is 0.0798 e. The van der Waals surface area contributed by atoms with Crippen LogP contribution in [0.25, 0.3) is 81.1 Å². The first kappa shape index (κ1) is 44.4. The fourth-order valence-corrected chi connectivity index (χ4v) is 11.9. The Kier molecular flexibility index (Phi) is 12.7. The second-order valence-corrected chi connectivity index (χ2v) is 24.8. The Morgan fingerprint density at radius 3 is 2.08 bits per heavy atom. The van der Waals surface area contributed by atoms with Crippen LogP contribution in [0.5, 0.6) is 0 Å². The molecule has 3 heterocycles. The van der Waals surface area contributed by atoms with Gasteiger partial charge in [0, 0.05) is 36.7 Å². The summed E-state index contributed by atoms with van der Waals surface area (Å²) < 4.78 is 4.94. The zero-order valence-corrected chi connectivity index (χ0v) is 42.0. The normalized spacial score (nSPS) is 11.9. The van der Waals surface area contributed by atoms with E-state index in [1.165, 1.54) is 69.3 Å². The predicted octanol–water partition coefficient (Wildman–Crippen LogP) is 15.7. The van der Waals surface area contributed by atoms with E-state index in [-0.39, 0.29) is 20.1 Å². The first-order valence-electron chi connectivity index (χ1n) is 22.1. The molecule has 0 amide bonds. The van der Waals surface area contributed by atoms with E-state index in [1.54, 1.807) is 0 Å². The molecule has 1 radical (unpaired) electrons. The summed E-state index contributed by atoms with van der Waals surface area (Å²) in [6.45, 7) is 20.9. The Morgan fingerprint density at radius 1 is 0.651 bits per heavy atom. The van der Waals surface area contributed by atoms with Crippen molar-refractivity contribution in [3.05, 3.63) is 168 Å². The van der Waals surface area contributed by atoms with Gasteiger partial charge in [0.1, 0.15) is 0 Å². The molecule has 6 heteroatoms. The molecule has 10 rings (SSSR count). The summed E-state index contributed by atoms with van der Waals surface area (Å²) in [4.78, 5) is 10.0. The van der Waals surface area contributed by atoms with Gasteiger partial charge in [-0.3, -0.25) is 4.98 Å². The van der Waals surface area contributed by atoms with Crippen molar-refractivity contribution in [2.75, 3.05) is 0 Å². The average Bonchev–Trinajstić information content (AvgIpc) is 3.83. The van der Waals surface area contributed by atoms with Crippen LogP contribution in [-0.4, -0.2) is 22.6 Å². The van der Waals surface area contributed by atoms with Crippen molar-refractivity contribution < 1.29 is 20.1 Å². The molecule has 0 fully saturated rings. The average molecular weight is 1030 g/mol. The van der Waals surface area contributed by atoms with Crippen molar-refractivity contribution in [3.63, 3.8) is 0 Å². The summed E-state index contributed by atoms with van der Waals surface area (Å²) in [5, 5.41) is 9.20. The summed E-state index contributed by atoms with van der Waals surface area (Å²) in [5.41, 5.74) is 10.7. The molecule has 0 unspecified atom stereocenters. The summed E-state index contributed by atoms with van der Waals surface area (Å²) in [6, 6.07) is 54.8. The second kappa shape index (κ2) is 18.1. The Morgan fingerprint density at radius 2 is 1.37 bits per heavy atom. The fourth-order valence-electron chi connectivity index (χ4n) is 9.08. The third-order valence-electron chi connectivity index (χ3n) is 12.1. The summed E-state index contributed by atoms with van der Waals surface area (Å²) in [7, 11) is -1.34. The van der Waals surface area contributed by atoms with Crippen molar-refractivity contribution in [2.45, 2.75) is 79.4 Å². The molecule has 10 aromatic rings. The van der Waals surface area contributed by atoms with E-state index in [2.05, 4.69) is 204 Å². The minimum atomic E-state index is -1.34. The van der Waals surface area contributed by atoms with E-state index >= 15 is 0 Å². The van der Waals surface area contributed by atoms with Crippen LogP contribution in [0.15, 0.2) is 140 Å². The van der Waals surface area contributed by atoms with Crippen LogP contribution >= 0.6 is 11.3 Å². The van der Waals surface area contributed by atoms with Gasteiger partial charge in [-0.15, -0.1) is 54.1 Å². The van der Waals surface area contributed by atoms with Crippen molar-refractivity contribution in [2.24, 2.45) is 5.92 Å². The van der Waals surface area contributed by atoms with Gasteiger partial charge in [0.2, 0.25) is 0 Å². The molecule has 63 heavy (non-hydrogen) atoms. The van der Waals surface area contributed by atoms with Crippen LogP contribution < -0.4 is 5.19 Å². The standard InChI is InChI=1S/C39H31N2S.C18H24NSi.Ir/c1-23(2)27-13-9-14-28(24(3)4)37(27)41-35-18-8-7-17-34(35)40-39(41)31-16-10-15-30-33-21-26-20-19-25-11-5-6-12-29(25)32(26)22-36(33)42-38(30)31;1-14(2)11-16-12-17(15-9-7-6-8-10-15)19-13-18(16)20(3,4)5;/h5-15,17-24H,1-4H3;6-9,12-14H,11H2,1-5H3;/q2*-1;. The maximum absolute atomic E-state index is 5.31. The molecule has 0 bridgehead atoms. The summed E-state index contributed by atoms with van der Waals surface area (Å²) in [5.74, 6) is 2.37. The maximum Gasteiger partial charge on any atom is 0.0798 e. The van der Waals surface area contributed by atoms with Crippen molar-refractivity contribution in [1.29, 1.82) is 0 Å². The molecule has 0 N–H and O–H groups in total. The molecule has 0 atom stereocenters. The Labute approximate surface area is 391 Å². The van der Waals surface area contributed by atoms with Gasteiger partial charge in [-0.25, -0.2) is 0 Å². The number of thiophene rings is 1. The monoisotopic (exact) mass is 1030 g/mol. The van der Waals surface area contributed by atoms with Gasteiger partial charge in [0.15, 0.2) is 0 Å². The van der Waals surface area contributed by atoms with E-state index in [4.69, 9.17) is 4.98 Å².